The summed E-state index contributed by atoms with van der Waals surface area (Å²) in [5.41, 5.74) is 0.902. The van der Waals surface area contributed by atoms with Gasteiger partial charge in [0.05, 0.1) is 12.6 Å². The molecule has 4 atom stereocenters. The first-order chi connectivity index (χ1) is 15.4. The van der Waals surface area contributed by atoms with Crippen LogP contribution in [0.5, 0.6) is 5.75 Å². The van der Waals surface area contributed by atoms with Gasteiger partial charge in [-0.2, -0.15) is 0 Å². The van der Waals surface area contributed by atoms with Crippen LogP contribution in [0.4, 0.5) is 5.69 Å². The number of halogens is 1. The second kappa shape index (κ2) is 11.3. The van der Waals surface area contributed by atoms with Crippen LogP contribution in [0.1, 0.15) is 12.8 Å². The highest BCUT2D eigenvalue weighted by atomic mass is 35.5. The van der Waals surface area contributed by atoms with Crippen molar-refractivity contribution in [2.45, 2.75) is 25.0 Å². The fourth-order valence-electron chi connectivity index (χ4n) is 4.55. The van der Waals surface area contributed by atoms with Crippen LogP contribution in [0.3, 0.4) is 0 Å². The number of carboxylic acid groups (broad SMARTS) is 1. The van der Waals surface area contributed by atoms with Crippen LogP contribution in [0.2, 0.25) is 5.02 Å². The van der Waals surface area contributed by atoms with Crippen molar-refractivity contribution >= 4 is 29.7 Å². The molecule has 0 bridgehead atoms. The maximum atomic E-state index is 12.7. The summed E-state index contributed by atoms with van der Waals surface area (Å²) in [4.78, 5) is 25.0. The third-order valence-electron chi connectivity index (χ3n) is 6.12. The van der Waals surface area contributed by atoms with Crippen LogP contribution in [0, 0.1) is 11.8 Å². The fraction of sp³-hybridized carbons (Fsp3) is 0.417. The van der Waals surface area contributed by atoms with Gasteiger partial charge in [0.1, 0.15) is 11.9 Å². The molecule has 2 aliphatic rings. The first kappa shape index (κ1) is 24.0. The monoisotopic (exact) mass is 460 g/mol. The number of benzene rings is 2. The van der Waals surface area contributed by atoms with Crippen molar-refractivity contribution in [1.29, 1.82) is 0 Å². The molecule has 1 amide bonds. The second-order valence-electron chi connectivity index (χ2n) is 8.26. The van der Waals surface area contributed by atoms with E-state index in [4.69, 9.17) is 26.2 Å². The van der Waals surface area contributed by atoms with Gasteiger partial charge in [-0.3, -0.25) is 14.5 Å². The number of fused-ring (bicyclic) bond motifs is 1. The summed E-state index contributed by atoms with van der Waals surface area (Å²) in [7, 11) is 1.82. The highest BCUT2D eigenvalue weighted by molar-refractivity contribution is 6.30. The number of hydrogen-bond donors (Lipinski definition) is 2. The summed E-state index contributed by atoms with van der Waals surface area (Å²) in [6.45, 7) is 1.86. The molecule has 7 nitrogen and oxygen atoms in total. The normalized spacial score (nSPS) is 24.6. The Kier molecular flexibility index (Phi) is 8.50. The highest BCUT2D eigenvalue weighted by Gasteiger charge is 2.43. The number of likely N-dealkylation sites (N-methyl/N-ethyl adjacent to an activating group) is 1. The zero-order chi connectivity index (χ0) is 23.1. The van der Waals surface area contributed by atoms with Crippen LogP contribution in [0.25, 0.3) is 0 Å². The van der Waals surface area contributed by atoms with E-state index < -0.39 is 6.10 Å². The van der Waals surface area contributed by atoms with E-state index in [9.17, 15) is 9.90 Å². The molecule has 1 saturated carbocycles. The molecule has 2 aromatic carbocycles. The molecular weight excluding hydrogens is 432 g/mol. The molecule has 1 aliphatic carbocycles. The van der Waals surface area contributed by atoms with Crippen LogP contribution in [0.15, 0.2) is 54.6 Å². The van der Waals surface area contributed by atoms with Crippen molar-refractivity contribution in [1.82, 2.24) is 4.90 Å². The number of carbonyl (C=O) groups excluding carboxylic acids is 1. The molecule has 2 fully saturated rings. The number of aliphatic hydroxyl groups excluding tert-OH is 1. The quantitative estimate of drug-likeness (QED) is 0.666. The van der Waals surface area contributed by atoms with Crippen LogP contribution in [-0.4, -0.2) is 66.4 Å². The largest absolute Gasteiger partial charge is 0.488 e. The van der Waals surface area contributed by atoms with Gasteiger partial charge in [-0.05, 0) is 55.0 Å². The Morgan fingerprint density at radius 3 is 2.47 bits per heavy atom. The standard InChI is InChI=1S/C23H27ClN2O3.CH2O2/c1-25(19-7-3-2-4-8-19)23(28)15-26-13-16-10-21(27)22(11-17(16)14-26)29-20-9-5-6-18(24)12-20;2-1-3/h2-9,12,16-17,21-22,27H,10-11,13-15H2,1H3;1H,(H,2,3)/t16-,17+,21+,22+;/m0./s1. The molecule has 1 saturated heterocycles. The molecule has 0 spiro atoms. The van der Waals surface area contributed by atoms with Gasteiger partial charge in [0.15, 0.2) is 0 Å². The lowest BCUT2D eigenvalue weighted by Gasteiger charge is -2.35. The summed E-state index contributed by atoms with van der Waals surface area (Å²) in [6.07, 6.45) is 0.752. The van der Waals surface area contributed by atoms with Gasteiger partial charge in [0.2, 0.25) is 5.91 Å². The van der Waals surface area contributed by atoms with Crippen molar-refractivity contribution in [2.24, 2.45) is 11.8 Å². The Balaban J connectivity index is 0.000000913. The zero-order valence-electron chi connectivity index (χ0n) is 18.0. The van der Waals surface area contributed by atoms with E-state index in [0.29, 0.717) is 35.6 Å². The zero-order valence-corrected chi connectivity index (χ0v) is 18.8. The first-order valence-corrected chi connectivity index (χ1v) is 11.0. The summed E-state index contributed by atoms with van der Waals surface area (Å²) < 4.78 is 6.04. The molecule has 1 aliphatic heterocycles. The van der Waals surface area contributed by atoms with Crippen molar-refractivity contribution < 1.29 is 24.5 Å². The Morgan fingerprint density at radius 2 is 1.81 bits per heavy atom. The molecule has 4 rings (SSSR count). The second-order valence-corrected chi connectivity index (χ2v) is 8.70. The van der Waals surface area contributed by atoms with Gasteiger partial charge < -0.3 is 19.8 Å². The third kappa shape index (κ3) is 6.22. The third-order valence-corrected chi connectivity index (χ3v) is 6.36. The molecule has 1 heterocycles. The van der Waals surface area contributed by atoms with E-state index >= 15 is 0 Å². The number of amides is 1. The predicted octanol–water partition coefficient (Wildman–Crippen LogP) is 3.15. The van der Waals surface area contributed by atoms with Crippen molar-refractivity contribution in [3.8, 4) is 5.75 Å². The number of likely N-dealkylation sites (tertiary alicyclic amines) is 1. The Labute approximate surface area is 193 Å². The Hall–Kier alpha value is -2.61. The van der Waals surface area contributed by atoms with E-state index in [1.165, 1.54) is 0 Å². The van der Waals surface area contributed by atoms with Gasteiger partial charge >= 0.3 is 0 Å². The SMILES string of the molecule is CN(C(=O)CN1C[C@H]2C[C@@H](Oc3cccc(Cl)c3)[C@H](O)C[C@H]2C1)c1ccccc1.O=CO. The maximum Gasteiger partial charge on any atom is 0.290 e. The number of nitrogens with zero attached hydrogens (tertiary/aromatic N) is 2. The Bertz CT molecular complexity index is 897. The van der Waals surface area contributed by atoms with Crippen LogP contribution >= 0.6 is 11.6 Å². The molecule has 32 heavy (non-hydrogen) atoms. The van der Waals surface area contributed by atoms with Gasteiger partial charge in [0, 0.05) is 30.8 Å². The molecule has 172 valence electrons. The van der Waals surface area contributed by atoms with Crippen molar-refractivity contribution in [3.05, 3.63) is 59.6 Å². The lowest BCUT2D eigenvalue weighted by atomic mass is 9.78. The summed E-state index contributed by atoms with van der Waals surface area (Å²) in [5.74, 6) is 1.60. The number of ether oxygens (including phenoxy) is 1. The number of para-hydroxylation sites is 1. The van der Waals surface area contributed by atoms with Gasteiger partial charge in [-0.15, -0.1) is 0 Å². The van der Waals surface area contributed by atoms with Crippen molar-refractivity contribution in [3.63, 3.8) is 0 Å². The lowest BCUT2D eigenvalue weighted by Crippen LogP contribution is -2.42. The molecule has 2 aromatic rings. The first-order valence-electron chi connectivity index (χ1n) is 10.6. The topological polar surface area (TPSA) is 90.3 Å². The fourth-order valence-corrected chi connectivity index (χ4v) is 4.73. The molecular formula is C24H29ClN2O5. The predicted molar refractivity (Wildman–Crippen MR) is 123 cm³/mol. The van der Waals surface area contributed by atoms with E-state index in [2.05, 4.69) is 4.90 Å². The summed E-state index contributed by atoms with van der Waals surface area (Å²) >= 11 is 6.04. The smallest absolute Gasteiger partial charge is 0.290 e. The molecule has 0 aromatic heterocycles. The molecule has 8 heteroatoms. The number of aliphatic hydroxyl groups is 1. The lowest BCUT2D eigenvalue weighted by molar-refractivity contribution is -0.123. The minimum absolute atomic E-state index is 0.0853. The molecule has 0 radical (unpaired) electrons. The maximum absolute atomic E-state index is 12.7. The van der Waals surface area contributed by atoms with E-state index in [1.54, 1.807) is 17.0 Å². The van der Waals surface area contributed by atoms with Gasteiger partial charge in [0.25, 0.3) is 6.47 Å². The summed E-state index contributed by atoms with van der Waals surface area (Å²) in [5, 5.41) is 18.1. The number of hydrogen-bond acceptors (Lipinski definition) is 5. The number of carbonyl (C=O) groups is 2. The number of anilines is 1. The minimum Gasteiger partial charge on any atom is -0.488 e. The molecule has 2 N–H and O–H groups in total. The number of rotatable bonds is 5. The summed E-state index contributed by atoms with van der Waals surface area (Å²) in [6, 6.07) is 17.0. The van der Waals surface area contributed by atoms with Crippen LogP contribution < -0.4 is 9.64 Å². The molecule has 0 unspecified atom stereocenters. The van der Waals surface area contributed by atoms with Gasteiger partial charge in [-0.1, -0.05) is 35.9 Å². The van der Waals surface area contributed by atoms with Crippen LogP contribution in [-0.2, 0) is 9.59 Å². The van der Waals surface area contributed by atoms with E-state index in [0.717, 1.165) is 25.2 Å². The Morgan fingerprint density at radius 1 is 1.16 bits per heavy atom. The highest BCUT2D eigenvalue weighted by Crippen LogP contribution is 2.38. The average molecular weight is 461 g/mol. The van der Waals surface area contributed by atoms with Crippen molar-refractivity contribution in [2.75, 3.05) is 31.6 Å². The van der Waals surface area contributed by atoms with E-state index in [-0.39, 0.29) is 18.5 Å². The van der Waals surface area contributed by atoms with E-state index in [1.807, 2.05) is 49.5 Å². The average Bonchev–Trinajstić information content (AvgIpc) is 3.15. The van der Waals surface area contributed by atoms with Gasteiger partial charge in [-0.25, -0.2) is 0 Å². The minimum atomic E-state index is -0.502.